The summed E-state index contributed by atoms with van der Waals surface area (Å²) in [4.78, 5) is 25.7. The minimum Gasteiger partial charge on any atom is -0.352 e. The molecule has 0 aliphatic carbocycles. The van der Waals surface area contributed by atoms with Crippen molar-refractivity contribution in [2.24, 2.45) is 5.92 Å². The number of likely N-dealkylation sites (tertiary alicyclic amines) is 1. The predicted octanol–water partition coefficient (Wildman–Crippen LogP) is 1.55. The highest BCUT2D eigenvalue weighted by molar-refractivity contribution is 5.88. The molecule has 0 spiro atoms. The molecular formula is C13H24N2O2. The lowest BCUT2D eigenvalue weighted by molar-refractivity contribution is -0.139. The van der Waals surface area contributed by atoms with Crippen LogP contribution in [0.25, 0.3) is 0 Å². The largest absolute Gasteiger partial charge is 0.352 e. The van der Waals surface area contributed by atoms with E-state index in [2.05, 4.69) is 5.32 Å². The van der Waals surface area contributed by atoms with Crippen LogP contribution < -0.4 is 5.32 Å². The molecule has 0 radical (unpaired) electrons. The lowest BCUT2D eigenvalue weighted by Gasteiger charge is -2.25. The average Bonchev–Trinajstić information content (AvgIpc) is 2.63. The van der Waals surface area contributed by atoms with Gasteiger partial charge in [-0.25, -0.2) is 0 Å². The van der Waals surface area contributed by atoms with Gasteiger partial charge >= 0.3 is 0 Å². The third kappa shape index (κ3) is 4.02. The van der Waals surface area contributed by atoms with Crippen LogP contribution in [0.3, 0.4) is 0 Å². The summed E-state index contributed by atoms with van der Waals surface area (Å²) < 4.78 is 0. The molecule has 0 saturated carbocycles. The Morgan fingerprint density at radius 2 is 1.94 bits per heavy atom. The summed E-state index contributed by atoms with van der Waals surface area (Å²) in [6.07, 6.45) is 2.26. The van der Waals surface area contributed by atoms with Gasteiger partial charge in [-0.2, -0.15) is 0 Å². The molecular weight excluding hydrogens is 216 g/mol. The Kier molecular flexibility index (Phi) is 4.97. The number of amides is 2. The third-order valence-electron chi connectivity index (χ3n) is 2.89. The molecule has 17 heavy (non-hydrogen) atoms. The van der Waals surface area contributed by atoms with Crippen molar-refractivity contribution < 1.29 is 9.59 Å². The Balaban J connectivity index is 2.59. The summed E-state index contributed by atoms with van der Waals surface area (Å²) in [6.45, 7) is 8.65. The van der Waals surface area contributed by atoms with E-state index in [0.717, 1.165) is 19.4 Å². The molecule has 0 aromatic rings. The highest BCUT2D eigenvalue weighted by atomic mass is 16.2. The first-order valence-electron chi connectivity index (χ1n) is 6.51. The van der Waals surface area contributed by atoms with Gasteiger partial charge in [-0.1, -0.05) is 13.8 Å². The topological polar surface area (TPSA) is 49.4 Å². The molecule has 0 aromatic heterocycles. The van der Waals surface area contributed by atoms with Crippen molar-refractivity contribution in [2.75, 3.05) is 6.54 Å². The van der Waals surface area contributed by atoms with Crippen LogP contribution in [0.4, 0.5) is 0 Å². The fourth-order valence-corrected chi connectivity index (χ4v) is 2.19. The van der Waals surface area contributed by atoms with Crippen LogP contribution in [0, 0.1) is 5.92 Å². The Labute approximate surface area is 104 Å². The number of hydrogen-bond acceptors (Lipinski definition) is 2. The van der Waals surface area contributed by atoms with Gasteiger partial charge in [0.1, 0.15) is 6.04 Å². The maximum absolute atomic E-state index is 12.0. The van der Waals surface area contributed by atoms with E-state index >= 15 is 0 Å². The second-order valence-electron chi connectivity index (χ2n) is 5.51. The van der Waals surface area contributed by atoms with E-state index in [4.69, 9.17) is 0 Å². The van der Waals surface area contributed by atoms with Crippen LogP contribution in [0.15, 0.2) is 0 Å². The van der Waals surface area contributed by atoms with Crippen molar-refractivity contribution in [2.45, 2.75) is 59.0 Å². The van der Waals surface area contributed by atoms with Gasteiger partial charge in [-0.15, -0.1) is 0 Å². The molecule has 1 saturated heterocycles. The SMILES string of the molecule is CC(C)CC(=O)N1CCCC1C(=O)NC(C)C. The Morgan fingerprint density at radius 3 is 2.47 bits per heavy atom. The van der Waals surface area contributed by atoms with Crippen LogP contribution in [0.1, 0.15) is 47.0 Å². The molecule has 1 aliphatic heterocycles. The monoisotopic (exact) mass is 240 g/mol. The van der Waals surface area contributed by atoms with E-state index in [9.17, 15) is 9.59 Å². The van der Waals surface area contributed by atoms with Gasteiger partial charge < -0.3 is 10.2 Å². The van der Waals surface area contributed by atoms with E-state index in [1.54, 1.807) is 4.90 Å². The summed E-state index contributed by atoms with van der Waals surface area (Å²) in [6, 6.07) is -0.117. The van der Waals surface area contributed by atoms with Crippen molar-refractivity contribution >= 4 is 11.8 Å². The molecule has 1 aliphatic rings. The first-order valence-corrected chi connectivity index (χ1v) is 6.51. The van der Waals surface area contributed by atoms with Crippen LogP contribution in [0.5, 0.6) is 0 Å². The first-order chi connectivity index (χ1) is 7.91. The third-order valence-corrected chi connectivity index (χ3v) is 2.89. The number of carbonyl (C=O) groups excluding carboxylic acids is 2. The molecule has 4 heteroatoms. The first kappa shape index (κ1) is 14.0. The van der Waals surface area contributed by atoms with Crippen molar-refractivity contribution in [3.8, 4) is 0 Å². The van der Waals surface area contributed by atoms with E-state index in [1.165, 1.54) is 0 Å². The lowest BCUT2D eigenvalue weighted by Crippen LogP contribution is -2.47. The minimum absolute atomic E-state index is 0.00499. The maximum Gasteiger partial charge on any atom is 0.243 e. The van der Waals surface area contributed by atoms with Crippen LogP contribution in [0.2, 0.25) is 0 Å². The van der Waals surface area contributed by atoms with E-state index in [0.29, 0.717) is 12.3 Å². The zero-order valence-corrected chi connectivity index (χ0v) is 11.3. The second-order valence-corrected chi connectivity index (χ2v) is 5.51. The fraction of sp³-hybridized carbons (Fsp3) is 0.846. The van der Waals surface area contributed by atoms with Crippen LogP contribution in [-0.4, -0.2) is 35.3 Å². The number of nitrogens with one attached hydrogen (secondary N) is 1. The zero-order valence-electron chi connectivity index (χ0n) is 11.3. The molecule has 1 heterocycles. The smallest absolute Gasteiger partial charge is 0.243 e. The molecule has 1 N–H and O–H groups in total. The van der Waals surface area contributed by atoms with Gasteiger partial charge in [-0.05, 0) is 32.6 Å². The standard InChI is InChI=1S/C13H24N2O2/c1-9(2)8-12(16)15-7-5-6-11(15)13(17)14-10(3)4/h9-11H,5-8H2,1-4H3,(H,14,17). The molecule has 1 atom stereocenters. The molecule has 1 rings (SSSR count). The van der Waals surface area contributed by atoms with E-state index in [1.807, 2.05) is 27.7 Å². The van der Waals surface area contributed by atoms with Gasteiger partial charge in [0.15, 0.2) is 0 Å². The molecule has 0 aromatic carbocycles. The second kappa shape index (κ2) is 6.03. The number of nitrogens with zero attached hydrogens (tertiary/aromatic N) is 1. The summed E-state index contributed by atoms with van der Waals surface area (Å²) in [5, 5.41) is 2.89. The fourth-order valence-electron chi connectivity index (χ4n) is 2.19. The van der Waals surface area contributed by atoms with E-state index < -0.39 is 0 Å². The minimum atomic E-state index is -0.247. The highest BCUT2D eigenvalue weighted by Crippen LogP contribution is 2.19. The molecule has 98 valence electrons. The molecule has 0 bridgehead atoms. The average molecular weight is 240 g/mol. The molecule has 4 nitrogen and oxygen atoms in total. The van der Waals surface area contributed by atoms with Gasteiger partial charge in [0, 0.05) is 19.0 Å². The summed E-state index contributed by atoms with van der Waals surface area (Å²) in [5.74, 6) is 0.452. The predicted molar refractivity (Wildman–Crippen MR) is 67.5 cm³/mol. The number of hydrogen-bond donors (Lipinski definition) is 1. The lowest BCUT2D eigenvalue weighted by atomic mass is 10.1. The normalized spacial score (nSPS) is 20.1. The summed E-state index contributed by atoms with van der Waals surface area (Å²) in [5.41, 5.74) is 0. The Hall–Kier alpha value is -1.06. The summed E-state index contributed by atoms with van der Waals surface area (Å²) in [7, 11) is 0. The zero-order chi connectivity index (χ0) is 13.0. The number of carbonyl (C=O) groups is 2. The Bertz CT molecular complexity index is 259. The van der Waals surface area contributed by atoms with Gasteiger partial charge in [-0.3, -0.25) is 9.59 Å². The van der Waals surface area contributed by atoms with Crippen molar-refractivity contribution in [3.63, 3.8) is 0 Å². The highest BCUT2D eigenvalue weighted by Gasteiger charge is 2.33. The molecule has 1 unspecified atom stereocenters. The van der Waals surface area contributed by atoms with Crippen molar-refractivity contribution in [3.05, 3.63) is 0 Å². The number of rotatable bonds is 4. The van der Waals surface area contributed by atoms with Crippen LogP contribution >= 0.6 is 0 Å². The van der Waals surface area contributed by atoms with Gasteiger partial charge in [0.05, 0.1) is 0 Å². The van der Waals surface area contributed by atoms with Crippen molar-refractivity contribution in [1.29, 1.82) is 0 Å². The van der Waals surface area contributed by atoms with Gasteiger partial charge in [0.25, 0.3) is 0 Å². The van der Waals surface area contributed by atoms with E-state index in [-0.39, 0.29) is 23.9 Å². The molecule has 1 fully saturated rings. The molecule has 2 amide bonds. The van der Waals surface area contributed by atoms with Crippen molar-refractivity contribution in [1.82, 2.24) is 10.2 Å². The quantitative estimate of drug-likeness (QED) is 0.810. The van der Waals surface area contributed by atoms with Crippen LogP contribution in [-0.2, 0) is 9.59 Å². The maximum atomic E-state index is 12.0. The summed E-state index contributed by atoms with van der Waals surface area (Å²) >= 11 is 0. The Morgan fingerprint density at radius 1 is 1.29 bits per heavy atom. The van der Waals surface area contributed by atoms with Gasteiger partial charge in [0.2, 0.25) is 11.8 Å².